The molecule has 1 fully saturated rings. The second kappa shape index (κ2) is 11.9. The summed E-state index contributed by atoms with van der Waals surface area (Å²) < 4.78 is 5.51. The summed E-state index contributed by atoms with van der Waals surface area (Å²) in [4.78, 5) is 54.4. The van der Waals surface area contributed by atoms with Gasteiger partial charge in [-0.15, -0.1) is 0 Å². The Kier molecular flexibility index (Phi) is 7.92. The van der Waals surface area contributed by atoms with Crippen LogP contribution in [-0.4, -0.2) is 76.8 Å². The lowest BCUT2D eigenvalue weighted by molar-refractivity contribution is -0.126. The number of nitrogens with two attached hydrogens (primary N) is 1. The molecule has 40 heavy (non-hydrogen) atoms. The third kappa shape index (κ3) is 6.05. The van der Waals surface area contributed by atoms with E-state index in [1.54, 1.807) is 30.6 Å². The molecule has 0 unspecified atom stereocenters. The van der Waals surface area contributed by atoms with Crippen molar-refractivity contribution in [3.63, 3.8) is 0 Å². The van der Waals surface area contributed by atoms with Crippen molar-refractivity contribution < 1.29 is 19.1 Å². The van der Waals surface area contributed by atoms with Gasteiger partial charge in [0, 0.05) is 55.4 Å². The third-order valence-corrected chi connectivity index (χ3v) is 6.75. The monoisotopic (exact) mass is 539 g/mol. The lowest BCUT2D eigenvalue weighted by atomic mass is 9.97. The van der Waals surface area contributed by atoms with Crippen LogP contribution < -0.4 is 16.0 Å². The molecule has 1 saturated heterocycles. The molecule has 0 saturated carbocycles. The molecule has 5 rings (SSSR count). The molecule has 4 heterocycles. The largest absolute Gasteiger partial charge is 0.378 e. The van der Waals surface area contributed by atoms with Crippen molar-refractivity contribution in [2.75, 3.05) is 55.3 Å². The van der Waals surface area contributed by atoms with Gasteiger partial charge in [-0.25, -0.2) is 15.0 Å². The van der Waals surface area contributed by atoms with Crippen LogP contribution in [0.5, 0.6) is 0 Å². The first-order valence-corrected chi connectivity index (χ1v) is 12.9. The van der Waals surface area contributed by atoms with E-state index in [-0.39, 0.29) is 11.5 Å². The smallest absolute Gasteiger partial charge is 0.295 e. The third-order valence-electron chi connectivity index (χ3n) is 6.75. The maximum atomic E-state index is 13.0. The lowest BCUT2D eigenvalue weighted by Gasteiger charge is -2.29. The summed E-state index contributed by atoms with van der Waals surface area (Å²) in [5.41, 5.74) is 9.80. The van der Waals surface area contributed by atoms with Crippen molar-refractivity contribution in [3.05, 3.63) is 78.6 Å². The number of ketones is 1. The first-order chi connectivity index (χ1) is 19.4. The molecule has 2 amide bonds. The van der Waals surface area contributed by atoms with Crippen molar-refractivity contribution in [1.82, 2.24) is 19.9 Å². The maximum absolute atomic E-state index is 13.0. The Morgan fingerprint density at radius 3 is 2.50 bits per heavy atom. The van der Waals surface area contributed by atoms with Crippen molar-refractivity contribution in [2.24, 2.45) is 0 Å². The number of morpholine rings is 1. The average molecular weight is 540 g/mol. The van der Waals surface area contributed by atoms with Crippen LogP contribution in [-0.2, 0) is 14.3 Å². The van der Waals surface area contributed by atoms with Gasteiger partial charge in [-0.2, -0.15) is 0 Å². The number of nitrogens with one attached hydrogen (secondary N) is 1. The number of amides is 2. The Morgan fingerprint density at radius 2 is 1.80 bits per heavy atom. The van der Waals surface area contributed by atoms with Crippen LogP contribution in [0.2, 0.25) is 0 Å². The van der Waals surface area contributed by atoms with Crippen molar-refractivity contribution in [3.8, 4) is 11.3 Å². The predicted octanol–water partition coefficient (Wildman–Crippen LogP) is 2.58. The van der Waals surface area contributed by atoms with Crippen LogP contribution in [0.3, 0.4) is 0 Å². The zero-order valence-corrected chi connectivity index (χ0v) is 21.9. The number of pyridine rings is 1. The molecule has 0 radical (unpaired) electrons. The summed E-state index contributed by atoms with van der Waals surface area (Å²) in [5, 5.41) is 2.60. The van der Waals surface area contributed by atoms with Gasteiger partial charge < -0.3 is 25.6 Å². The SMILES string of the molecule is C=CC(=O)Nc1cccc(C(=O)C(=O)N2CC=C(c3cc(-c4cnc(N)nc4)nc(N4CCOCC4)c3)CC2)c1. The summed E-state index contributed by atoms with van der Waals surface area (Å²) in [6, 6.07) is 10.3. The molecule has 0 spiro atoms. The quantitative estimate of drug-likeness (QED) is 0.263. The normalized spacial score (nSPS) is 15.2. The van der Waals surface area contributed by atoms with E-state index < -0.39 is 17.6 Å². The van der Waals surface area contributed by atoms with Crippen molar-refractivity contribution in [2.45, 2.75) is 6.42 Å². The van der Waals surface area contributed by atoms with Gasteiger partial charge in [0.1, 0.15) is 5.82 Å². The van der Waals surface area contributed by atoms with Gasteiger partial charge in [-0.1, -0.05) is 24.8 Å². The average Bonchev–Trinajstić information content (AvgIpc) is 3.01. The zero-order chi connectivity index (χ0) is 28.1. The highest BCUT2D eigenvalue weighted by atomic mass is 16.5. The van der Waals surface area contributed by atoms with E-state index in [2.05, 4.69) is 26.8 Å². The molecule has 1 aromatic carbocycles. The summed E-state index contributed by atoms with van der Waals surface area (Å²) in [7, 11) is 0. The topological polar surface area (TPSA) is 144 Å². The van der Waals surface area contributed by atoms with E-state index in [1.807, 2.05) is 18.2 Å². The molecule has 3 N–H and O–H groups in total. The standard InChI is InChI=1S/C29H29N7O4/c1-2-26(37)33-23-5-3-4-20(14-23)27(38)28(39)36-8-6-19(7-9-36)21-15-24(22-17-31-29(30)32-18-22)34-25(16-21)35-10-12-40-13-11-35/h2-6,14-18H,1,7-13H2,(H,33,37)(H2,30,31,32). The summed E-state index contributed by atoms with van der Waals surface area (Å²) in [6.07, 6.45) is 6.97. The number of benzene rings is 1. The van der Waals surface area contributed by atoms with Gasteiger partial charge in [0.2, 0.25) is 17.6 Å². The Hall–Kier alpha value is -4.90. The van der Waals surface area contributed by atoms with Crippen molar-refractivity contribution in [1.29, 1.82) is 0 Å². The number of anilines is 3. The molecule has 0 bridgehead atoms. The van der Waals surface area contributed by atoms with Crippen LogP contribution in [0.25, 0.3) is 16.8 Å². The van der Waals surface area contributed by atoms with Gasteiger partial charge in [0.15, 0.2) is 0 Å². The molecular formula is C29H29N7O4. The molecule has 11 heteroatoms. The van der Waals surface area contributed by atoms with E-state index >= 15 is 0 Å². The Labute approximate surface area is 231 Å². The molecule has 11 nitrogen and oxygen atoms in total. The van der Waals surface area contributed by atoms with E-state index in [9.17, 15) is 14.4 Å². The van der Waals surface area contributed by atoms with E-state index in [4.69, 9.17) is 15.5 Å². The fourth-order valence-corrected chi connectivity index (χ4v) is 4.59. The molecular weight excluding hydrogens is 510 g/mol. The first-order valence-electron chi connectivity index (χ1n) is 12.9. The van der Waals surface area contributed by atoms with Gasteiger partial charge in [-0.05, 0) is 47.9 Å². The predicted molar refractivity (Wildman–Crippen MR) is 151 cm³/mol. The molecule has 2 aliphatic rings. The number of nitrogen functional groups attached to an aromatic ring is 1. The fraction of sp³-hybridized carbons (Fsp3) is 0.241. The molecule has 204 valence electrons. The van der Waals surface area contributed by atoms with Gasteiger partial charge >= 0.3 is 0 Å². The van der Waals surface area contributed by atoms with Crippen LogP contribution in [0.1, 0.15) is 22.3 Å². The number of aromatic nitrogens is 3. The molecule has 2 aromatic heterocycles. The zero-order valence-electron chi connectivity index (χ0n) is 21.9. The fourth-order valence-electron chi connectivity index (χ4n) is 4.59. The van der Waals surface area contributed by atoms with Crippen LogP contribution in [0.15, 0.2) is 67.5 Å². The number of carbonyl (C=O) groups excluding carboxylic acids is 3. The van der Waals surface area contributed by atoms with Gasteiger partial charge in [0.25, 0.3) is 5.91 Å². The van der Waals surface area contributed by atoms with E-state index in [0.717, 1.165) is 47.4 Å². The Morgan fingerprint density at radius 1 is 1.02 bits per heavy atom. The first kappa shape index (κ1) is 26.7. The highest BCUT2D eigenvalue weighted by Crippen LogP contribution is 2.30. The number of hydrogen-bond acceptors (Lipinski definition) is 9. The number of rotatable bonds is 7. The summed E-state index contributed by atoms with van der Waals surface area (Å²) in [5.74, 6) is -0.604. The van der Waals surface area contributed by atoms with Gasteiger partial charge in [0.05, 0.1) is 18.9 Å². The molecule has 0 aliphatic carbocycles. The summed E-state index contributed by atoms with van der Waals surface area (Å²) >= 11 is 0. The van der Waals surface area contributed by atoms with Gasteiger partial charge in [-0.3, -0.25) is 14.4 Å². The van der Waals surface area contributed by atoms with Crippen LogP contribution in [0.4, 0.5) is 17.5 Å². The molecule has 2 aliphatic heterocycles. The highest BCUT2D eigenvalue weighted by molar-refractivity contribution is 6.42. The number of ether oxygens (including phenoxy) is 1. The minimum absolute atomic E-state index is 0.191. The Balaban J connectivity index is 1.36. The molecule has 0 atom stereocenters. The van der Waals surface area contributed by atoms with Crippen LogP contribution in [0, 0.1) is 0 Å². The number of Topliss-reactive ketones (excluding diaryl/α,β-unsaturated/α-hetero) is 1. The number of nitrogens with zero attached hydrogens (tertiary/aromatic N) is 5. The summed E-state index contributed by atoms with van der Waals surface area (Å²) in [6.45, 7) is 6.82. The minimum Gasteiger partial charge on any atom is -0.378 e. The second-order valence-corrected chi connectivity index (χ2v) is 9.36. The molecule has 3 aromatic rings. The lowest BCUT2D eigenvalue weighted by Crippen LogP contribution is -2.39. The second-order valence-electron chi connectivity index (χ2n) is 9.36. The van der Waals surface area contributed by atoms with Crippen molar-refractivity contribution >= 4 is 40.6 Å². The van der Waals surface area contributed by atoms with E-state index in [0.29, 0.717) is 38.4 Å². The van der Waals surface area contributed by atoms with E-state index in [1.165, 1.54) is 11.0 Å². The maximum Gasteiger partial charge on any atom is 0.295 e. The number of carbonyl (C=O) groups is 3. The minimum atomic E-state index is -0.629. The Bertz CT molecular complexity index is 1480. The highest BCUT2D eigenvalue weighted by Gasteiger charge is 2.26. The van der Waals surface area contributed by atoms with Crippen LogP contribution >= 0.6 is 0 Å². The number of hydrogen-bond donors (Lipinski definition) is 2.